The Bertz CT molecular complexity index is 765. The van der Waals surface area contributed by atoms with Gasteiger partial charge in [-0.2, -0.15) is 4.98 Å². The van der Waals surface area contributed by atoms with E-state index in [2.05, 4.69) is 4.98 Å². The Morgan fingerprint density at radius 2 is 1.78 bits per heavy atom. The van der Waals surface area contributed by atoms with Crippen molar-refractivity contribution in [1.29, 1.82) is 0 Å². The highest BCUT2D eigenvalue weighted by atomic mass is 16.5. The average Bonchev–Trinajstić information content (AvgIpc) is 3.17. The van der Waals surface area contributed by atoms with Gasteiger partial charge in [0.15, 0.2) is 0 Å². The first-order valence-electron chi connectivity index (χ1n) is 9.22. The quantitative estimate of drug-likeness (QED) is 0.755. The maximum atomic E-state index is 11.8. The van der Waals surface area contributed by atoms with Crippen molar-refractivity contribution < 1.29 is 24.5 Å². The van der Waals surface area contributed by atoms with Gasteiger partial charge in [-0.1, -0.05) is 0 Å². The summed E-state index contributed by atoms with van der Waals surface area (Å²) in [6.45, 7) is 7.00. The minimum absolute atomic E-state index is 0.160. The lowest BCUT2D eigenvalue weighted by atomic mass is 9.85. The number of aromatic nitrogens is 2. The van der Waals surface area contributed by atoms with Crippen LogP contribution in [0.1, 0.15) is 19.4 Å². The molecule has 0 spiro atoms. The van der Waals surface area contributed by atoms with Crippen LogP contribution in [0.15, 0.2) is 6.20 Å². The monoisotopic (exact) mass is 376 g/mol. The van der Waals surface area contributed by atoms with Crippen LogP contribution in [0.3, 0.4) is 0 Å². The molecule has 2 N–H and O–H groups in total. The summed E-state index contributed by atoms with van der Waals surface area (Å²) < 4.78 is 5.41. The van der Waals surface area contributed by atoms with E-state index in [-0.39, 0.29) is 17.8 Å². The summed E-state index contributed by atoms with van der Waals surface area (Å²) in [5, 5.41) is 18.8. The van der Waals surface area contributed by atoms with Gasteiger partial charge in [-0.05, 0) is 25.7 Å². The SMILES string of the molecule is CC(C)(C(=O)O)c1cnc(N2C[C@@H]3C(C(=O)O)[C@@H]3C2)nc1N1CCOCC1. The Morgan fingerprint density at radius 1 is 1.15 bits per heavy atom. The molecule has 146 valence electrons. The fourth-order valence-corrected chi connectivity index (χ4v) is 4.14. The van der Waals surface area contributed by atoms with Crippen LogP contribution in [0.2, 0.25) is 0 Å². The fraction of sp³-hybridized carbons (Fsp3) is 0.667. The molecule has 4 rings (SSSR count). The molecule has 9 heteroatoms. The second-order valence-corrected chi connectivity index (χ2v) is 8.03. The predicted octanol–water partition coefficient (Wildman–Crippen LogP) is 0.442. The van der Waals surface area contributed by atoms with Gasteiger partial charge in [0.05, 0.1) is 24.5 Å². The van der Waals surface area contributed by atoms with Gasteiger partial charge in [0.2, 0.25) is 5.95 Å². The van der Waals surface area contributed by atoms with E-state index >= 15 is 0 Å². The Hall–Kier alpha value is -2.42. The Balaban J connectivity index is 1.63. The molecule has 9 nitrogen and oxygen atoms in total. The lowest BCUT2D eigenvalue weighted by Crippen LogP contribution is -2.40. The number of nitrogens with zero attached hydrogens (tertiary/aromatic N) is 4. The number of carboxylic acid groups (broad SMARTS) is 2. The Kier molecular flexibility index (Phi) is 4.21. The Morgan fingerprint density at radius 3 is 2.33 bits per heavy atom. The van der Waals surface area contributed by atoms with E-state index in [1.165, 1.54) is 0 Å². The van der Waals surface area contributed by atoms with E-state index < -0.39 is 17.4 Å². The summed E-state index contributed by atoms with van der Waals surface area (Å²) in [6, 6.07) is 0. The number of rotatable bonds is 5. The zero-order valence-electron chi connectivity index (χ0n) is 15.5. The first-order valence-corrected chi connectivity index (χ1v) is 9.22. The third-order valence-electron chi connectivity index (χ3n) is 6.04. The minimum atomic E-state index is -1.12. The molecule has 0 aromatic carbocycles. The van der Waals surface area contributed by atoms with Crippen LogP contribution < -0.4 is 9.80 Å². The molecule has 3 aliphatic rings. The van der Waals surface area contributed by atoms with Gasteiger partial charge in [-0.25, -0.2) is 4.98 Å². The summed E-state index contributed by atoms with van der Waals surface area (Å²) in [5.74, 6) is -0.409. The van der Waals surface area contributed by atoms with Crippen LogP contribution >= 0.6 is 0 Å². The molecule has 1 unspecified atom stereocenters. The first kappa shape index (κ1) is 18.0. The predicted molar refractivity (Wildman–Crippen MR) is 96.0 cm³/mol. The molecule has 0 bridgehead atoms. The summed E-state index contributed by atoms with van der Waals surface area (Å²) in [5.41, 5.74) is -0.540. The number of aliphatic carboxylic acids is 2. The fourth-order valence-electron chi connectivity index (χ4n) is 4.14. The molecule has 1 aromatic rings. The largest absolute Gasteiger partial charge is 0.481 e. The topological polar surface area (TPSA) is 116 Å². The van der Waals surface area contributed by atoms with Crippen molar-refractivity contribution >= 4 is 23.7 Å². The first-order chi connectivity index (χ1) is 12.8. The van der Waals surface area contributed by atoms with E-state index in [0.717, 1.165) is 0 Å². The van der Waals surface area contributed by atoms with E-state index in [0.29, 0.717) is 56.7 Å². The van der Waals surface area contributed by atoms with E-state index in [1.807, 2.05) is 9.80 Å². The van der Waals surface area contributed by atoms with Gasteiger partial charge in [0.25, 0.3) is 0 Å². The normalized spacial score (nSPS) is 27.4. The van der Waals surface area contributed by atoms with Crippen LogP contribution in [0.4, 0.5) is 11.8 Å². The molecular formula is C18H24N4O5. The maximum absolute atomic E-state index is 11.8. The van der Waals surface area contributed by atoms with Crippen molar-refractivity contribution in [2.24, 2.45) is 17.8 Å². The summed E-state index contributed by atoms with van der Waals surface area (Å²) in [7, 11) is 0. The molecule has 3 fully saturated rings. The zero-order chi connectivity index (χ0) is 19.3. The van der Waals surface area contributed by atoms with Crippen LogP contribution in [-0.4, -0.2) is 71.5 Å². The van der Waals surface area contributed by atoms with Crippen molar-refractivity contribution in [3.8, 4) is 0 Å². The van der Waals surface area contributed by atoms with Gasteiger partial charge >= 0.3 is 11.9 Å². The molecule has 2 saturated heterocycles. The van der Waals surface area contributed by atoms with Crippen LogP contribution in [0.25, 0.3) is 0 Å². The van der Waals surface area contributed by atoms with E-state index in [4.69, 9.17) is 9.72 Å². The van der Waals surface area contributed by atoms with Crippen LogP contribution in [0, 0.1) is 17.8 Å². The third kappa shape index (κ3) is 2.99. The van der Waals surface area contributed by atoms with Gasteiger partial charge in [0.1, 0.15) is 5.82 Å². The molecule has 2 aliphatic heterocycles. The molecular weight excluding hydrogens is 352 g/mol. The number of morpholine rings is 1. The molecule has 1 saturated carbocycles. The van der Waals surface area contributed by atoms with E-state index in [1.54, 1.807) is 20.0 Å². The highest BCUT2D eigenvalue weighted by Gasteiger charge is 2.60. The second-order valence-electron chi connectivity index (χ2n) is 8.03. The summed E-state index contributed by atoms with van der Waals surface area (Å²) >= 11 is 0. The number of hydrogen-bond acceptors (Lipinski definition) is 7. The number of fused-ring (bicyclic) bond motifs is 1. The zero-order valence-corrected chi connectivity index (χ0v) is 15.5. The maximum Gasteiger partial charge on any atom is 0.313 e. The molecule has 0 radical (unpaired) electrons. The lowest BCUT2D eigenvalue weighted by Gasteiger charge is -2.33. The number of anilines is 2. The summed E-state index contributed by atoms with van der Waals surface area (Å²) in [6.07, 6.45) is 1.61. The van der Waals surface area contributed by atoms with E-state index in [9.17, 15) is 19.8 Å². The summed E-state index contributed by atoms with van der Waals surface area (Å²) in [4.78, 5) is 36.2. The van der Waals surface area contributed by atoms with Crippen LogP contribution in [-0.2, 0) is 19.7 Å². The Labute approximate surface area is 157 Å². The van der Waals surface area contributed by atoms with Crippen molar-refractivity contribution in [2.45, 2.75) is 19.3 Å². The number of carboxylic acids is 2. The van der Waals surface area contributed by atoms with Gasteiger partial charge < -0.3 is 24.7 Å². The molecule has 27 heavy (non-hydrogen) atoms. The van der Waals surface area contributed by atoms with Crippen molar-refractivity contribution in [3.05, 3.63) is 11.8 Å². The van der Waals surface area contributed by atoms with Crippen LogP contribution in [0.5, 0.6) is 0 Å². The smallest absolute Gasteiger partial charge is 0.313 e. The standard InChI is InChI=1S/C18H24N4O5/c1-18(2,16(25)26)12-7-19-17(20-14(12)21-3-5-27-6-4-21)22-8-10-11(9-22)13(10)15(23)24/h7,10-11,13H,3-6,8-9H2,1-2H3,(H,23,24)(H,25,26)/t10-,11+,13?. The van der Waals surface area contributed by atoms with Gasteiger partial charge in [0, 0.05) is 37.9 Å². The third-order valence-corrected chi connectivity index (χ3v) is 6.04. The highest BCUT2D eigenvalue weighted by molar-refractivity contribution is 5.82. The lowest BCUT2D eigenvalue weighted by molar-refractivity contribution is -0.142. The number of piperidine rings is 1. The number of hydrogen-bond donors (Lipinski definition) is 2. The number of carbonyl (C=O) groups is 2. The molecule has 3 heterocycles. The molecule has 1 aromatic heterocycles. The highest BCUT2D eigenvalue weighted by Crippen LogP contribution is 2.52. The molecule has 1 aliphatic carbocycles. The van der Waals surface area contributed by atoms with Gasteiger partial charge in [-0.3, -0.25) is 9.59 Å². The minimum Gasteiger partial charge on any atom is -0.481 e. The van der Waals surface area contributed by atoms with Crippen molar-refractivity contribution in [3.63, 3.8) is 0 Å². The van der Waals surface area contributed by atoms with Crippen molar-refractivity contribution in [1.82, 2.24) is 9.97 Å². The average molecular weight is 376 g/mol. The number of ether oxygens (including phenoxy) is 1. The molecule has 0 amide bonds. The molecule has 3 atom stereocenters. The van der Waals surface area contributed by atoms with Crippen molar-refractivity contribution in [2.75, 3.05) is 49.2 Å². The second kappa shape index (κ2) is 6.33. The van der Waals surface area contributed by atoms with Gasteiger partial charge in [-0.15, -0.1) is 0 Å².